The number of halogens is 2. The molecule has 0 bridgehead atoms. The molecule has 1 rings (SSSR count). The van der Waals surface area contributed by atoms with Crippen molar-refractivity contribution in [2.24, 2.45) is 0 Å². The molecule has 0 aliphatic rings. The number of hydrogen-bond acceptors (Lipinski definition) is 4. The van der Waals surface area contributed by atoms with Gasteiger partial charge in [0.25, 0.3) is 0 Å². The van der Waals surface area contributed by atoms with Crippen molar-refractivity contribution >= 4 is 39.7 Å². The van der Waals surface area contributed by atoms with Gasteiger partial charge in [0.2, 0.25) is 10.0 Å². The van der Waals surface area contributed by atoms with Gasteiger partial charge in [-0.2, -0.15) is 0 Å². The Morgan fingerprint density at radius 3 is 2.56 bits per heavy atom. The zero-order valence-corrected chi connectivity index (χ0v) is 12.4. The summed E-state index contributed by atoms with van der Waals surface area (Å²) in [5, 5.41) is 13.0. The molecule has 1 aromatic carbocycles. The van der Waals surface area contributed by atoms with Crippen LogP contribution < -0.4 is 10.0 Å². The van der Waals surface area contributed by atoms with Crippen LogP contribution in [0.3, 0.4) is 0 Å². The van der Waals surface area contributed by atoms with E-state index in [2.05, 4.69) is 10.0 Å². The molecular formula is C10H16Cl2N2O3S. The van der Waals surface area contributed by atoms with Gasteiger partial charge in [-0.05, 0) is 25.2 Å². The number of sulfonamides is 1. The predicted molar refractivity (Wildman–Crippen MR) is 76.1 cm³/mol. The summed E-state index contributed by atoms with van der Waals surface area (Å²) in [5.74, 6) is 0. The first kappa shape index (κ1) is 17.5. The summed E-state index contributed by atoms with van der Waals surface area (Å²) in [4.78, 5) is 0. The molecular weight excluding hydrogens is 299 g/mol. The lowest BCUT2D eigenvalue weighted by molar-refractivity contribution is 0.178. The number of aliphatic hydroxyl groups is 1. The zero-order valence-electron chi connectivity index (χ0n) is 9.97. The maximum atomic E-state index is 11.1. The van der Waals surface area contributed by atoms with Gasteiger partial charge >= 0.3 is 0 Å². The number of hydrogen-bond donors (Lipinski definition) is 3. The molecule has 1 aromatic rings. The second-order valence-electron chi connectivity index (χ2n) is 3.68. The summed E-state index contributed by atoms with van der Waals surface area (Å²) in [6.45, 7) is 0.335. The highest BCUT2D eigenvalue weighted by Crippen LogP contribution is 2.26. The maximum Gasteiger partial charge on any atom is 0.229 e. The Kier molecular flexibility index (Phi) is 6.94. The van der Waals surface area contributed by atoms with Crippen molar-refractivity contribution in [1.82, 2.24) is 5.32 Å². The van der Waals surface area contributed by atoms with Gasteiger partial charge in [0.1, 0.15) is 0 Å². The van der Waals surface area contributed by atoms with Crippen molar-refractivity contribution in [2.75, 3.05) is 24.6 Å². The fourth-order valence-corrected chi connectivity index (χ4v) is 2.18. The lowest BCUT2D eigenvalue weighted by atomic mass is 10.1. The van der Waals surface area contributed by atoms with Gasteiger partial charge in [0, 0.05) is 22.8 Å². The van der Waals surface area contributed by atoms with Gasteiger partial charge in [-0.3, -0.25) is 4.72 Å². The summed E-state index contributed by atoms with van der Waals surface area (Å²) in [7, 11) is -1.63. The van der Waals surface area contributed by atoms with Crippen LogP contribution in [-0.4, -0.2) is 33.4 Å². The maximum absolute atomic E-state index is 11.1. The molecule has 1 unspecified atom stereocenters. The average Bonchev–Trinajstić information content (AvgIpc) is 2.19. The Labute approximate surface area is 118 Å². The average molecular weight is 315 g/mol. The van der Waals surface area contributed by atoms with E-state index >= 15 is 0 Å². The van der Waals surface area contributed by atoms with E-state index in [-0.39, 0.29) is 12.4 Å². The third kappa shape index (κ3) is 5.41. The smallest absolute Gasteiger partial charge is 0.229 e. The number of likely N-dealkylation sites (N-methyl/N-ethyl adjacent to an activating group) is 1. The Morgan fingerprint density at radius 1 is 1.44 bits per heavy atom. The van der Waals surface area contributed by atoms with Crippen LogP contribution in [0.4, 0.5) is 5.69 Å². The van der Waals surface area contributed by atoms with Crippen molar-refractivity contribution in [3.05, 3.63) is 28.8 Å². The summed E-state index contributed by atoms with van der Waals surface area (Å²) < 4.78 is 24.5. The highest BCUT2D eigenvalue weighted by molar-refractivity contribution is 7.92. The predicted octanol–water partition coefficient (Wildman–Crippen LogP) is 1.39. The Balaban J connectivity index is 0.00000289. The van der Waals surface area contributed by atoms with E-state index < -0.39 is 16.1 Å². The lowest BCUT2D eigenvalue weighted by Crippen LogP contribution is -2.17. The minimum absolute atomic E-state index is 0. The van der Waals surface area contributed by atoms with Crippen molar-refractivity contribution in [3.63, 3.8) is 0 Å². The number of rotatable bonds is 5. The van der Waals surface area contributed by atoms with Gasteiger partial charge in [0.05, 0.1) is 12.4 Å². The molecule has 0 amide bonds. The molecule has 0 saturated heterocycles. The van der Waals surface area contributed by atoms with Crippen molar-refractivity contribution < 1.29 is 13.5 Å². The molecule has 0 aromatic heterocycles. The van der Waals surface area contributed by atoms with E-state index in [0.717, 1.165) is 6.26 Å². The largest absolute Gasteiger partial charge is 0.387 e. The lowest BCUT2D eigenvalue weighted by Gasteiger charge is -2.14. The highest BCUT2D eigenvalue weighted by atomic mass is 35.5. The molecule has 0 saturated carbocycles. The topological polar surface area (TPSA) is 78.4 Å². The van der Waals surface area contributed by atoms with E-state index in [1.165, 1.54) is 6.07 Å². The molecule has 0 heterocycles. The SMILES string of the molecule is CNCC(O)c1cc(NS(C)(=O)=O)ccc1Cl.Cl. The second kappa shape index (κ2) is 7.16. The van der Waals surface area contributed by atoms with E-state index in [1.54, 1.807) is 19.2 Å². The van der Waals surface area contributed by atoms with Gasteiger partial charge < -0.3 is 10.4 Å². The van der Waals surface area contributed by atoms with Crippen LogP contribution in [0, 0.1) is 0 Å². The van der Waals surface area contributed by atoms with Crippen LogP contribution in [0.25, 0.3) is 0 Å². The first-order valence-electron chi connectivity index (χ1n) is 4.93. The Bertz CT molecular complexity index is 494. The quantitative estimate of drug-likeness (QED) is 0.767. The molecule has 8 heteroatoms. The van der Waals surface area contributed by atoms with E-state index in [4.69, 9.17) is 11.6 Å². The van der Waals surface area contributed by atoms with Crippen LogP contribution >= 0.6 is 24.0 Å². The molecule has 1 atom stereocenters. The number of anilines is 1. The molecule has 5 nitrogen and oxygen atoms in total. The normalized spacial score (nSPS) is 12.7. The zero-order chi connectivity index (χ0) is 13.1. The van der Waals surface area contributed by atoms with E-state index in [9.17, 15) is 13.5 Å². The van der Waals surface area contributed by atoms with Gasteiger partial charge in [0.15, 0.2) is 0 Å². The van der Waals surface area contributed by atoms with E-state index in [0.29, 0.717) is 22.8 Å². The number of aliphatic hydroxyl groups excluding tert-OH is 1. The summed E-state index contributed by atoms with van der Waals surface area (Å²) in [5.41, 5.74) is 0.858. The summed E-state index contributed by atoms with van der Waals surface area (Å²) in [6, 6.07) is 4.60. The van der Waals surface area contributed by atoms with Crippen LogP contribution in [0.1, 0.15) is 11.7 Å². The van der Waals surface area contributed by atoms with E-state index in [1.807, 2.05) is 0 Å². The molecule has 0 radical (unpaired) electrons. The molecule has 0 spiro atoms. The molecule has 3 N–H and O–H groups in total. The van der Waals surface area contributed by atoms with Gasteiger partial charge in [-0.15, -0.1) is 12.4 Å². The van der Waals surface area contributed by atoms with Crippen LogP contribution in [-0.2, 0) is 10.0 Å². The fourth-order valence-electron chi connectivity index (χ4n) is 1.38. The van der Waals surface area contributed by atoms with Crippen molar-refractivity contribution in [3.8, 4) is 0 Å². The highest BCUT2D eigenvalue weighted by Gasteiger charge is 2.12. The van der Waals surface area contributed by atoms with Crippen molar-refractivity contribution in [2.45, 2.75) is 6.10 Å². The molecule has 0 aliphatic carbocycles. The van der Waals surface area contributed by atoms with Crippen LogP contribution in [0.5, 0.6) is 0 Å². The molecule has 0 fully saturated rings. The molecule has 104 valence electrons. The minimum atomic E-state index is -3.34. The minimum Gasteiger partial charge on any atom is -0.387 e. The van der Waals surface area contributed by atoms with Crippen LogP contribution in [0.2, 0.25) is 5.02 Å². The monoisotopic (exact) mass is 314 g/mol. The standard InChI is InChI=1S/C10H15ClN2O3S.ClH/c1-12-6-10(14)8-5-7(3-4-9(8)11)13-17(2,15)16;/h3-5,10,12-14H,6H2,1-2H3;1H. The van der Waals surface area contributed by atoms with Gasteiger partial charge in [-0.1, -0.05) is 11.6 Å². The first-order chi connectivity index (χ1) is 7.83. The van der Waals surface area contributed by atoms with Crippen molar-refractivity contribution in [1.29, 1.82) is 0 Å². The Morgan fingerprint density at radius 2 is 2.06 bits per heavy atom. The Hall–Kier alpha value is -0.530. The van der Waals surface area contributed by atoms with Gasteiger partial charge in [-0.25, -0.2) is 8.42 Å². The van der Waals surface area contributed by atoms with Crippen LogP contribution in [0.15, 0.2) is 18.2 Å². The summed E-state index contributed by atoms with van der Waals surface area (Å²) >= 11 is 5.93. The second-order valence-corrected chi connectivity index (χ2v) is 5.84. The third-order valence-electron chi connectivity index (χ3n) is 2.06. The molecule has 18 heavy (non-hydrogen) atoms. The summed E-state index contributed by atoms with van der Waals surface area (Å²) in [6.07, 6.45) is 0.277. The number of nitrogens with one attached hydrogen (secondary N) is 2. The third-order valence-corrected chi connectivity index (χ3v) is 3.01. The number of benzene rings is 1. The first-order valence-corrected chi connectivity index (χ1v) is 7.20. The molecule has 0 aliphatic heterocycles. The fraction of sp³-hybridized carbons (Fsp3) is 0.400.